The Balaban J connectivity index is 1.30. The van der Waals surface area contributed by atoms with Gasteiger partial charge in [0.1, 0.15) is 17.6 Å². The number of aliphatic carboxylic acids is 1. The minimum atomic E-state index is -0.808. The van der Waals surface area contributed by atoms with Crippen LogP contribution < -0.4 is 20.1 Å². The average Bonchev–Trinajstić information content (AvgIpc) is 3.57. The molecule has 5 rings (SSSR count). The van der Waals surface area contributed by atoms with Crippen LogP contribution in [0, 0.1) is 45.8 Å². The fourth-order valence-electron chi connectivity index (χ4n) is 8.32. The standard InChI is InChI=1S/C34H47N3O6/c1-20(2)17-34(10-5-11-34)19-36-31(39)28-21-6-7-22(14-21)29(28)37-30(38)25-16-26(23(18-35)15-27(25)42-4)43-24-8-12-33(3,13-9-24)32(40)41/h15-16,20-22,24,28-29H,5-14,17,19H2,1-4H3,(H,36,39)(H,37,38)(H,40,41)/t21-,22+,24-,28+,29-,33+/m1/s1. The molecule has 0 heterocycles. The summed E-state index contributed by atoms with van der Waals surface area (Å²) in [5.41, 5.74) is -0.0607. The Kier molecular flexibility index (Phi) is 8.97. The SMILES string of the molecule is COc1cc(C#N)c(O[C@H]2CC[C@@](C)(C(=O)O)CC2)cc1C(=O)N[C@@H]1[C@H]2CC[C@H](C2)[C@@H]1C(=O)NCC1(CC(C)C)CCC1. The first-order valence-corrected chi connectivity index (χ1v) is 16.1. The predicted octanol–water partition coefficient (Wildman–Crippen LogP) is 5.46. The molecule has 4 aliphatic rings. The third-order valence-electron chi connectivity index (χ3n) is 10.9. The molecule has 4 aliphatic carbocycles. The van der Waals surface area contributed by atoms with E-state index in [0.29, 0.717) is 38.1 Å². The topological polar surface area (TPSA) is 138 Å². The first-order chi connectivity index (χ1) is 20.5. The molecule has 2 bridgehead atoms. The van der Waals surface area contributed by atoms with Crippen LogP contribution in [0.2, 0.25) is 0 Å². The predicted molar refractivity (Wildman–Crippen MR) is 161 cm³/mol. The van der Waals surface area contributed by atoms with E-state index in [1.54, 1.807) is 13.0 Å². The molecule has 2 amide bonds. The van der Waals surface area contributed by atoms with Crippen LogP contribution >= 0.6 is 0 Å². The van der Waals surface area contributed by atoms with Gasteiger partial charge in [-0.2, -0.15) is 5.26 Å². The van der Waals surface area contributed by atoms with E-state index in [2.05, 4.69) is 30.6 Å². The summed E-state index contributed by atoms with van der Waals surface area (Å²) >= 11 is 0. The summed E-state index contributed by atoms with van der Waals surface area (Å²) in [5, 5.41) is 25.9. The second kappa shape index (κ2) is 12.4. The van der Waals surface area contributed by atoms with Gasteiger partial charge in [-0.25, -0.2) is 0 Å². The van der Waals surface area contributed by atoms with Gasteiger partial charge >= 0.3 is 5.97 Å². The van der Waals surface area contributed by atoms with E-state index in [4.69, 9.17) is 9.47 Å². The lowest BCUT2D eigenvalue weighted by molar-refractivity contribution is -0.150. The average molecular weight is 594 g/mol. The maximum atomic E-state index is 13.8. The van der Waals surface area contributed by atoms with Gasteiger partial charge in [-0.05, 0) is 100 Å². The molecule has 4 saturated carbocycles. The number of fused-ring (bicyclic) bond motifs is 2. The summed E-state index contributed by atoms with van der Waals surface area (Å²) < 4.78 is 11.7. The van der Waals surface area contributed by atoms with Gasteiger partial charge in [-0.3, -0.25) is 14.4 Å². The highest BCUT2D eigenvalue weighted by Crippen LogP contribution is 2.50. The molecule has 0 saturated heterocycles. The zero-order valence-electron chi connectivity index (χ0n) is 26.0. The number of carboxylic acids is 1. The minimum absolute atomic E-state index is 0.0500. The van der Waals surface area contributed by atoms with Gasteiger partial charge in [0.25, 0.3) is 5.91 Å². The third kappa shape index (κ3) is 6.34. The molecule has 9 nitrogen and oxygen atoms in total. The summed E-state index contributed by atoms with van der Waals surface area (Å²) in [4.78, 5) is 39.1. The summed E-state index contributed by atoms with van der Waals surface area (Å²) in [6.07, 6.45) is 9.38. The Morgan fingerprint density at radius 3 is 2.35 bits per heavy atom. The van der Waals surface area contributed by atoms with E-state index in [1.165, 1.54) is 19.6 Å². The zero-order chi connectivity index (χ0) is 30.9. The van der Waals surface area contributed by atoms with Crippen molar-refractivity contribution >= 4 is 17.8 Å². The van der Waals surface area contributed by atoms with Crippen molar-refractivity contribution < 1.29 is 29.0 Å². The Labute approximate surface area is 255 Å². The van der Waals surface area contributed by atoms with Crippen molar-refractivity contribution in [2.75, 3.05) is 13.7 Å². The molecular formula is C34H47N3O6. The summed E-state index contributed by atoms with van der Waals surface area (Å²) in [6.45, 7) is 6.93. The number of hydrogen-bond acceptors (Lipinski definition) is 6. The second-order valence-electron chi connectivity index (χ2n) is 14.4. The lowest BCUT2D eigenvalue weighted by Gasteiger charge is -2.44. The highest BCUT2D eigenvalue weighted by molar-refractivity contribution is 5.98. The van der Waals surface area contributed by atoms with Gasteiger partial charge in [0.15, 0.2) is 0 Å². The van der Waals surface area contributed by atoms with Crippen LogP contribution in [-0.2, 0) is 9.59 Å². The van der Waals surface area contributed by atoms with Gasteiger partial charge < -0.3 is 25.2 Å². The maximum Gasteiger partial charge on any atom is 0.309 e. The maximum absolute atomic E-state index is 13.8. The molecule has 3 N–H and O–H groups in total. The first kappa shape index (κ1) is 31.2. The Morgan fingerprint density at radius 2 is 1.77 bits per heavy atom. The number of amides is 2. The van der Waals surface area contributed by atoms with Crippen molar-refractivity contribution in [3.8, 4) is 17.6 Å². The number of nitrogens with zero attached hydrogens (tertiary/aromatic N) is 1. The van der Waals surface area contributed by atoms with E-state index in [-0.39, 0.29) is 69.8 Å². The van der Waals surface area contributed by atoms with E-state index in [9.17, 15) is 24.8 Å². The van der Waals surface area contributed by atoms with Crippen LogP contribution in [0.25, 0.3) is 0 Å². The van der Waals surface area contributed by atoms with Crippen molar-refractivity contribution in [2.24, 2.45) is 34.5 Å². The quantitative estimate of drug-likeness (QED) is 0.310. The van der Waals surface area contributed by atoms with Gasteiger partial charge in [-0.1, -0.05) is 20.3 Å². The largest absolute Gasteiger partial charge is 0.496 e. The molecule has 0 radical (unpaired) electrons. The van der Waals surface area contributed by atoms with Crippen molar-refractivity contribution in [1.29, 1.82) is 5.26 Å². The number of carbonyl (C=O) groups excluding carboxylic acids is 2. The number of carbonyl (C=O) groups is 3. The fourth-order valence-corrected chi connectivity index (χ4v) is 8.32. The number of methoxy groups -OCH3 is 1. The molecule has 1 aromatic carbocycles. The van der Waals surface area contributed by atoms with Gasteiger partial charge in [0.2, 0.25) is 5.91 Å². The van der Waals surface area contributed by atoms with E-state index in [0.717, 1.165) is 38.5 Å². The van der Waals surface area contributed by atoms with Gasteiger partial charge in [0, 0.05) is 18.7 Å². The highest BCUT2D eigenvalue weighted by Gasteiger charge is 2.52. The minimum Gasteiger partial charge on any atom is -0.496 e. The zero-order valence-corrected chi connectivity index (χ0v) is 26.0. The summed E-state index contributed by atoms with van der Waals surface area (Å²) in [7, 11) is 1.46. The van der Waals surface area contributed by atoms with Crippen LogP contribution in [0.1, 0.15) is 107 Å². The lowest BCUT2D eigenvalue weighted by Crippen LogP contribution is -2.52. The molecule has 43 heavy (non-hydrogen) atoms. The fraction of sp³-hybridized carbons (Fsp3) is 0.706. The van der Waals surface area contributed by atoms with Gasteiger partial charge in [-0.15, -0.1) is 0 Å². The van der Waals surface area contributed by atoms with Crippen LogP contribution in [0.3, 0.4) is 0 Å². The van der Waals surface area contributed by atoms with Crippen molar-refractivity contribution in [2.45, 2.75) is 104 Å². The Morgan fingerprint density at radius 1 is 1.07 bits per heavy atom. The number of nitriles is 1. The normalized spacial score (nSPS) is 30.7. The summed E-state index contributed by atoms with van der Waals surface area (Å²) in [6, 6.07) is 4.96. The molecule has 9 heteroatoms. The van der Waals surface area contributed by atoms with Crippen LogP contribution in [-0.4, -0.2) is 48.7 Å². The molecule has 0 spiro atoms. The number of nitrogens with one attached hydrogen (secondary N) is 2. The van der Waals surface area contributed by atoms with Crippen LogP contribution in [0.4, 0.5) is 0 Å². The first-order valence-electron chi connectivity index (χ1n) is 16.1. The molecule has 0 aromatic heterocycles. The number of carboxylic acid groups (broad SMARTS) is 1. The van der Waals surface area contributed by atoms with E-state index >= 15 is 0 Å². The number of rotatable bonds is 11. The van der Waals surface area contributed by atoms with E-state index in [1.807, 2.05) is 0 Å². The smallest absolute Gasteiger partial charge is 0.309 e. The number of hydrogen-bond donors (Lipinski definition) is 3. The molecule has 234 valence electrons. The lowest BCUT2D eigenvalue weighted by atomic mass is 9.64. The monoisotopic (exact) mass is 593 g/mol. The second-order valence-corrected chi connectivity index (χ2v) is 14.4. The third-order valence-corrected chi connectivity index (χ3v) is 10.9. The Hall–Kier alpha value is -3.28. The number of benzene rings is 1. The van der Waals surface area contributed by atoms with Crippen LogP contribution in [0.15, 0.2) is 12.1 Å². The van der Waals surface area contributed by atoms with E-state index < -0.39 is 11.4 Å². The Bertz CT molecular complexity index is 1270. The molecule has 1 aromatic rings. The number of ether oxygens (including phenoxy) is 2. The molecule has 0 unspecified atom stereocenters. The van der Waals surface area contributed by atoms with Gasteiger partial charge in [0.05, 0.1) is 35.7 Å². The molecule has 4 atom stereocenters. The molecule has 0 aliphatic heterocycles. The highest BCUT2D eigenvalue weighted by atomic mass is 16.5. The van der Waals surface area contributed by atoms with Crippen LogP contribution in [0.5, 0.6) is 11.5 Å². The van der Waals surface area contributed by atoms with Crippen molar-refractivity contribution in [3.05, 3.63) is 23.3 Å². The molecular weight excluding hydrogens is 546 g/mol. The molecule has 4 fully saturated rings. The summed E-state index contributed by atoms with van der Waals surface area (Å²) in [5.74, 6) is 0.302. The van der Waals surface area contributed by atoms with Crippen molar-refractivity contribution in [3.63, 3.8) is 0 Å². The van der Waals surface area contributed by atoms with Crippen molar-refractivity contribution in [1.82, 2.24) is 10.6 Å².